The number of nitrogens with one attached hydrogen (secondary N) is 2. The minimum absolute atomic E-state index is 0.0952. The fourth-order valence-electron chi connectivity index (χ4n) is 2.59. The van der Waals surface area contributed by atoms with E-state index in [1.165, 1.54) is 4.90 Å². The number of hydrogen-bond donors (Lipinski definition) is 3. The molecule has 0 radical (unpaired) electrons. The second-order valence-corrected chi connectivity index (χ2v) is 7.24. The van der Waals surface area contributed by atoms with Crippen molar-refractivity contribution in [2.45, 2.75) is 32.0 Å². The van der Waals surface area contributed by atoms with E-state index < -0.39 is 6.10 Å². The quantitative estimate of drug-likeness (QED) is 0.678. The van der Waals surface area contributed by atoms with Gasteiger partial charge in [-0.05, 0) is 13.3 Å². The van der Waals surface area contributed by atoms with Crippen LogP contribution in [0.1, 0.15) is 17.1 Å². The Kier molecular flexibility index (Phi) is 6.52. The molecule has 1 fully saturated rings. The summed E-state index contributed by atoms with van der Waals surface area (Å²) in [5.41, 5.74) is 1.01. The Bertz CT molecular complexity index is 577. The Hall–Kier alpha value is -1.71. The number of nitrogens with zero attached hydrogens (tertiary/aromatic N) is 3. The van der Waals surface area contributed by atoms with Gasteiger partial charge < -0.3 is 20.6 Å². The van der Waals surface area contributed by atoms with Crippen molar-refractivity contribution in [3.05, 3.63) is 16.1 Å². The smallest absolute Gasteiger partial charge is 0.317 e. The lowest BCUT2D eigenvalue weighted by molar-refractivity contribution is -0.122. The number of aryl methyl sites for hydroxylation is 1. The fraction of sp³-hybridized carbons (Fsp3) is 0.667. The number of thiazole rings is 1. The molecule has 3 amide bonds. The molecule has 1 aromatic rings. The Balaban J connectivity index is 1.74. The summed E-state index contributed by atoms with van der Waals surface area (Å²) in [6.45, 7) is 3.86. The van der Waals surface area contributed by atoms with E-state index in [-0.39, 0.29) is 24.5 Å². The van der Waals surface area contributed by atoms with Crippen LogP contribution in [0.4, 0.5) is 4.79 Å². The van der Waals surface area contributed by atoms with Gasteiger partial charge in [-0.25, -0.2) is 9.78 Å². The third-order valence-corrected chi connectivity index (χ3v) is 4.69. The number of rotatable bonds is 5. The number of piperidine rings is 1. The van der Waals surface area contributed by atoms with Crippen molar-refractivity contribution in [3.8, 4) is 0 Å². The molecular formula is C15H25N5O3S. The Morgan fingerprint density at radius 2 is 2.25 bits per heavy atom. The molecule has 0 aromatic carbocycles. The number of aliphatic hydroxyl groups is 1. The van der Waals surface area contributed by atoms with Crippen molar-refractivity contribution < 1.29 is 14.7 Å². The number of aliphatic hydroxyl groups excluding tert-OH is 1. The molecule has 2 heterocycles. The largest absolute Gasteiger partial charge is 0.390 e. The van der Waals surface area contributed by atoms with E-state index >= 15 is 0 Å². The molecule has 0 unspecified atom stereocenters. The molecule has 2 atom stereocenters. The monoisotopic (exact) mass is 355 g/mol. The number of likely N-dealkylation sites (tertiary alicyclic amines) is 1. The summed E-state index contributed by atoms with van der Waals surface area (Å²) in [5, 5.41) is 18.6. The molecule has 1 aliphatic rings. The van der Waals surface area contributed by atoms with E-state index in [1.54, 1.807) is 25.4 Å². The number of carbonyl (C=O) groups excluding carboxylic acids is 2. The molecule has 1 aromatic heterocycles. The van der Waals surface area contributed by atoms with Crippen LogP contribution < -0.4 is 10.6 Å². The highest BCUT2D eigenvalue weighted by molar-refractivity contribution is 7.09. The maximum atomic E-state index is 11.9. The topological polar surface area (TPSA) is 97.8 Å². The van der Waals surface area contributed by atoms with Crippen LogP contribution in [-0.4, -0.2) is 77.7 Å². The first-order valence-electron chi connectivity index (χ1n) is 7.91. The van der Waals surface area contributed by atoms with Gasteiger partial charge in [0.2, 0.25) is 5.91 Å². The Morgan fingerprint density at radius 1 is 1.50 bits per heavy atom. The SMILES string of the molecule is Cc1nc(CN2CC[C@@H](NC(=O)CNC(=O)N(C)C)[C@H](O)C2)cs1. The van der Waals surface area contributed by atoms with Gasteiger partial charge in [0.25, 0.3) is 0 Å². The molecule has 24 heavy (non-hydrogen) atoms. The molecule has 134 valence electrons. The molecule has 1 aliphatic heterocycles. The first-order valence-corrected chi connectivity index (χ1v) is 8.79. The van der Waals surface area contributed by atoms with E-state index in [2.05, 4.69) is 20.5 Å². The third kappa shape index (κ3) is 5.43. The minimum Gasteiger partial charge on any atom is -0.390 e. The van der Waals surface area contributed by atoms with E-state index in [0.29, 0.717) is 19.5 Å². The lowest BCUT2D eigenvalue weighted by atomic mass is 10.0. The number of β-amino-alcohol motifs (C(OH)–C–C–N with tert-alkyl or cyclic N) is 1. The number of hydrogen-bond acceptors (Lipinski definition) is 6. The van der Waals surface area contributed by atoms with Crippen molar-refractivity contribution in [3.63, 3.8) is 0 Å². The normalized spacial score (nSPS) is 21.3. The van der Waals surface area contributed by atoms with Gasteiger partial charge in [0.1, 0.15) is 0 Å². The van der Waals surface area contributed by atoms with Crippen LogP contribution in [0.3, 0.4) is 0 Å². The Morgan fingerprint density at radius 3 is 2.83 bits per heavy atom. The first-order chi connectivity index (χ1) is 11.3. The Labute approximate surface area is 145 Å². The van der Waals surface area contributed by atoms with Crippen LogP contribution in [-0.2, 0) is 11.3 Å². The zero-order chi connectivity index (χ0) is 17.7. The van der Waals surface area contributed by atoms with Gasteiger partial charge in [0.05, 0.1) is 29.4 Å². The first kappa shape index (κ1) is 18.6. The lowest BCUT2D eigenvalue weighted by Gasteiger charge is -2.36. The van der Waals surface area contributed by atoms with Crippen LogP contribution in [0.25, 0.3) is 0 Å². The average molecular weight is 355 g/mol. The molecule has 0 bridgehead atoms. The number of urea groups is 1. The second kappa shape index (κ2) is 8.41. The van der Waals surface area contributed by atoms with E-state index in [9.17, 15) is 14.7 Å². The summed E-state index contributed by atoms with van der Waals surface area (Å²) < 4.78 is 0. The van der Waals surface area contributed by atoms with Crippen molar-refractivity contribution >= 4 is 23.3 Å². The summed E-state index contributed by atoms with van der Waals surface area (Å²) in [6, 6.07) is -0.610. The van der Waals surface area contributed by atoms with Crippen LogP contribution in [0.15, 0.2) is 5.38 Å². The van der Waals surface area contributed by atoms with E-state index in [0.717, 1.165) is 17.2 Å². The average Bonchev–Trinajstić information content (AvgIpc) is 2.92. The van der Waals surface area contributed by atoms with Crippen LogP contribution in [0.2, 0.25) is 0 Å². The molecule has 9 heteroatoms. The van der Waals surface area contributed by atoms with Gasteiger partial charge in [-0.15, -0.1) is 11.3 Å². The van der Waals surface area contributed by atoms with Crippen LogP contribution in [0, 0.1) is 6.92 Å². The van der Waals surface area contributed by atoms with Crippen molar-refractivity contribution in [2.75, 3.05) is 33.7 Å². The predicted octanol–water partition coefficient (Wildman–Crippen LogP) is -0.226. The van der Waals surface area contributed by atoms with Gasteiger partial charge in [0, 0.05) is 39.1 Å². The zero-order valence-electron chi connectivity index (χ0n) is 14.3. The highest BCUT2D eigenvalue weighted by Gasteiger charge is 2.29. The molecule has 1 saturated heterocycles. The van der Waals surface area contributed by atoms with Gasteiger partial charge in [-0.1, -0.05) is 0 Å². The van der Waals surface area contributed by atoms with Crippen LogP contribution >= 0.6 is 11.3 Å². The van der Waals surface area contributed by atoms with Crippen molar-refractivity contribution in [1.82, 2.24) is 25.4 Å². The standard InChI is InChI=1S/C15H25N5O3S/c1-10-17-11(9-24-10)7-20-5-4-12(13(21)8-20)18-14(22)6-16-15(23)19(2)3/h9,12-13,21H,4-8H2,1-3H3,(H,16,23)(H,18,22)/t12-,13-/m1/s1. The zero-order valence-corrected chi connectivity index (χ0v) is 15.1. The maximum Gasteiger partial charge on any atom is 0.317 e. The van der Waals surface area contributed by atoms with E-state index in [4.69, 9.17) is 0 Å². The number of carbonyl (C=O) groups is 2. The summed E-state index contributed by atoms with van der Waals surface area (Å²) in [7, 11) is 3.22. The predicted molar refractivity (Wildman–Crippen MR) is 91.8 cm³/mol. The minimum atomic E-state index is -0.632. The van der Waals surface area contributed by atoms with Crippen molar-refractivity contribution in [1.29, 1.82) is 0 Å². The summed E-state index contributed by atoms with van der Waals surface area (Å²) >= 11 is 1.62. The molecule has 2 rings (SSSR count). The fourth-order valence-corrected chi connectivity index (χ4v) is 3.19. The van der Waals surface area contributed by atoms with Crippen LogP contribution in [0.5, 0.6) is 0 Å². The number of amides is 3. The molecule has 8 nitrogen and oxygen atoms in total. The molecular weight excluding hydrogens is 330 g/mol. The highest BCUT2D eigenvalue weighted by Crippen LogP contribution is 2.16. The third-order valence-electron chi connectivity index (χ3n) is 3.87. The van der Waals surface area contributed by atoms with Crippen molar-refractivity contribution in [2.24, 2.45) is 0 Å². The van der Waals surface area contributed by atoms with Gasteiger partial charge in [0.15, 0.2) is 0 Å². The summed E-state index contributed by atoms with van der Waals surface area (Å²) in [4.78, 5) is 31.2. The van der Waals surface area contributed by atoms with E-state index in [1.807, 2.05) is 12.3 Å². The van der Waals surface area contributed by atoms with Gasteiger partial charge >= 0.3 is 6.03 Å². The molecule has 0 spiro atoms. The van der Waals surface area contributed by atoms with Gasteiger partial charge in [-0.3, -0.25) is 9.69 Å². The number of aromatic nitrogens is 1. The molecule has 0 saturated carbocycles. The second-order valence-electron chi connectivity index (χ2n) is 6.18. The summed E-state index contributed by atoms with van der Waals surface area (Å²) in [6.07, 6.45) is 0.0319. The highest BCUT2D eigenvalue weighted by atomic mass is 32.1. The maximum absolute atomic E-state index is 11.9. The summed E-state index contributed by atoms with van der Waals surface area (Å²) in [5.74, 6) is -0.294. The lowest BCUT2D eigenvalue weighted by Crippen LogP contribution is -2.55. The molecule has 3 N–H and O–H groups in total. The molecule has 0 aliphatic carbocycles. The van der Waals surface area contributed by atoms with Gasteiger partial charge in [-0.2, -0.15) is 0 Å².